The van der Waals surface area contributed by atoms with Gasteiger partial charge in [0.2, 0.25) is 5.89 Å². The second kappa shape index (κ2) is 9.79. The van der Waals surface area contributed by atoms with Crippen LogP contribution in [0.5, 0.6) is 0 Å². The van der Waals surface area contributed by atoms with E-state index in [-0.39, 0.29) is 0 Å². The third kappa shape index (κ3) is 3.88. The van der Waals surface area contributed by atoms with Gasteiger partial charge in [-0.2, -0.15) is 0 Å². The lowest BCUT2D eigenvalue weighted by molar-refractivity contribution is 0.620. The van der Waals surface area contributed by atoms with Gasteiger partial charge in [0.15, 0.2) is 5.58 Å². The molecule has 216 valence electrons. The van der Waals surface area contributed by atoms with Crippen LogP contribution in [0.4, 0.5) is 5.69 Å². The summed E-state index contributed by atoms with van der Waals surface area (Å²) in [6.45, 7) is 0. The zero-order valence-electron chi connectivity index (χ0n) is 25.0. The zero-order chi connectivity index (χ0) is 30.2. The molecule has 0 fully saturated rings. The Bertz CT molecular complexity index is 2500. The molecule has 0 bridgehead atoms. The van der Waals surface area contributed by atoms with Crippen LogP contribution in [0, 0.1) is 0 Å². The molecular weight excluding hydrogens is 560 g/mol. The first-order valence-corrected chi connectivity index (χ1v) is 15.9. The van der Waals surface area contributed by atoms with Crippen molar-refractivity contribution in [2.45, 2.75) is 12.5 Å². The molecule has 0 saturated heterocycles. The van der Waals surface area contributed by atoms with E-state index in [1.54, 1.807) is 0 Å². The first kappa shape index (κ1) is 25.4. The molecular formula is C43H28N2O. The van der Waals surface area contributed by atoms with Gasteiger partial charge in [-0.15, -0.1) is 0 Å². The highest BCUT2D eigenvalue weighted by Gasteiger charge is 2.22. The number of nitrogens with one attached hydrogen (secondary N) is 1. The Labute approximate surface area is 266 Å². The van der Waals surface area contributed by atoms with Crippen LogP contribution in [-0.4, -0.2) is 4.98 Å². The molecule has 1 aliphatic rings. The Morgan fingerprint density at radius 1 is 0.565 bits per heavy atom. The van der Waals surface area contributed by atoms with Crippen molar-refractivity contribution >= 4 is 49.1 Å². The fourth-order valence-corrected chi connectivity index (χ4v) is 7.49. The van der Waals surface area contributed by atoms with E-state index < -0.39 is 0 Å². The number of rotatable bonds is 4. The maximum atomic E-state index is 6.07. The highest BCUT2D eigenvalue weighted by Crippen LogP contribution is 2.44. The van der Waals surface area contributed by atoms with E-state index in [9.17, 15) is 0 Å². The van der Waals surface area contributed by atoms with Crippen LogP contribution in [0.1, 0.15) is 17.2 Å². The zero-order valence-corrected chi connectivity index (χ0v) is 25.0. The van der Waals surface area contributed by atoms with Crippen molar-refractivity contribution in [3.8, 4) is 33.7 Å². The predicted molar refractivity (Wildman–Crippen MR) is 191 cm³/mol. The van der Waals surface area contributed by atoms with Gasteiger partial charge < -0.3 is 9.73 Å². The van der Waals surface area contributed by atoms with Crippen LogP contribution in [0.25, 0.3) is 77.1 Å². The number of hydrogen-bond donors (Lipinski definition) is 1. The van der Waals surface area contributed by atoms with Gasteiger partial charge in [-0.3, -0.25) is 0 Å². The Balaban J connectivity index is 1.12. The van der Waals surface area contributed by atoms with Crippen LogP contribution in [0.15, 0.2) is 150 Å². The molecule has 0 spiro atoms. The monoisotopic (exact) mass is 588 g/mol. The van der Waals surface area contributed by atoms with Crippen LogP contribution in [0.2, 0.25) is 0 Å². The second-order valence-electron chi connectivity index (χ2n) is 12.4. The summed E-state index contributed by atoms with van der Waals surface area (Å²) in [5.41, 5.74) is 11.5. The van der Waals surface area contributed by atoms with E-state index in [1.807, 2.05) is 24.3 Å². The quantitative estimate of drug-likeness (QED) is 0.208. The standard InChI is InChI=1S/C43H28N2O/c1-2-9-37-32(6-1)24-39(44-37)28-16-12-26(13-17-28)35-25-36(34-23-21-30-8-5-7-29-20-22-33(35)42(34)41(29)30)27-14-18-31(19-15-27)43-45-38-10-3-4-11-40(38)46-43/h1-23,25,39,44H,24H2. The minimum absolute atomic E-state index is 0.295. The van der Waals surface area contributed by atoms with Gasteiger partial charge in [0.05, 0.1) is 6.04 Å². The summed E-state index contributed by atoms with van der Waals surface area (Å²) >= 11 is 0. The molecule has 0 radical (unpaired) electrons. The number of benzene rings is 8. The minimum Gasteiger partial charge on any atom is -0.436 e. The Morgan fingerprint density at radius 2 is 1.22 bits per heavy atom. The lowest BCUT2D eigenvalue weighted by Gasteiger charge is -2.19. The lowest BCUT2D eigenvalue weighted by Crippen LogP contribution is -2.05. The molecule has 8 aromatic carbocycles. The fourth-order valence-electron chi connectivity index (χ4n) is 7.49. The molecule has 46 heavy (non-hydrogen) atoms. The van der Waals surface area contributed by atoms with E-state index in [0.29, 0.717) is 11.9 Å². The van der Waals surface area contributed by atoms with Gasteiger partial charge in [0, 0.05) is 11.3 Å². The molecule has 1 unspecified atom stereocenters. The lowest BCUT2D eigenvalue weighted by atomic mass is 9.85. The third-order valence-electron chi connectivity index (χ3n) is 9.78. The predicted octanol–water partition coefficient (Wildman–Crippen LogP) is 11.4. The van der Waals surface area contributed by atoms with Gasteiger partial charge in [-0.1, -0.05) is 109 Å². The highest BCUT2D eigenvalue weighted by atomic mass is 16.3. The highest BCUT2D eigenvalue weighted by molar-refractivity contribution is 6.28. The van der Waals surface area contributed by atoms with Crippen LogP contribution in [0.3, 0.4) is 0 Å². The normalized spacial score (nSPS) is 14.4. The molecule has 0 saturated carbocycles. The van der Waals surface area contributed by atoms with E-state index >= 15 is 0 Å². The van der Waals surface area contributed by atoms with E-state index in [4.69, 9.17) is 9.40 Å². The van der Waals surface area contributed by atoms with Gasteiger partial charge in [-0.05, 0) is 109 Å². The summed E-state index contributed by atoms with van der Waals surface area (Å²) in [5.74, 6) is 0.642. The summed E-state index contributed by atoms with van der Waals surface area (Å²) < 4.78 is 6.07. The SMILES string of the molecule is c1ccc2c(c1)CC(c1ccc(-c3cc(-c4ccc(-c5nc6ccccc6o5)cc4)c4ccc5cccc6ccc3c4c56)cc1)N2. The van der Waals surface area contributed by atoms with Gasteiger partial charge in [0.25, 0.3) is 0 Å². The number of nitrogens with zero attached hydrogens (tertiary/aromatic N) is 1. The van der Waals surface area contributed by atoms with Crippen LogP contribution in [-0.2, 0) is 6.42 Å². The van der Waals surface area contributed by atoms with E-state index in [0.717, 1.165) is 23.1 Å². The number of fused-ring (bicyclic) bond motifs is 2. The summed E-state index contributed by atoms with van der Waals surface area (Å²) in [6, 6.07) is 52.8. The molecule has 0 aliphatic carbocycles. The van der Waals surface area contributed by atoms with Crippen molar-refractivity contribution in [3.63, 3.8) is 0 Å². The molecule has 1 N–H and O–H groups in total. The Morgan fingerprint density at radius 3 is 1.93 bits per heavy atom. The van der Waals surface area contributed by atoms with Crippen molar-refractivity contribution in [2.75, 3.05) is 5.32 Å². The first-order valence-electron chi connectivity index (χ1n) is 15.9. The first-order chi connectivity index (χ1) is 22.8. The number of para-hydroxylation sites is 3. The molecule has 2 heterocycles. The van der Waals surface area contributed by atoms with Gasteiger partial charge in [0.1, 0.15) is 5.52 Å². The van der Waals surface area contributed by atoms with Crippen LogP contribution < -0.4 is 5.32 Å². The Hall–Kier alpha value is -5.93. The molecule has 9 aromatic rings. The maximum absolute atomic E-state index is 6.07. The molecule has 0 amide bonds. The van der Waals surface area contributed by atoms with Crippen molar-refractivity contribution in [3.05, 3.63) is 157 Å². The number of oxazole rings is 1. The summed E-state index contributed by atoms with van der Waals surface area (Å²) in [7, 11) is 0. The van der Waals surface area contributed by atoms with Crippen molar-refractivity contribution < 1.29 is 4.42 Å². The third-order valence-corrected chi connectivity index (χ3v) is 9.78. The van der Waals surface area contributed by atoms with Gasteiger partial charge >= 0.3 is 0 Å². The summed E-state index contributed by atoms with van der Waals surface area (Å²) in [6.07, 6.45) is 1.01. The topological polar surface area (TPSA) is 38.1 Å². The molecule has 3 heteroatoms. The minimum atomic E-state index is 0.295. The van der Waals surface area contributed by atoms with E-state index in [2.05, 4.69) is 127 Å². The molecule has 1 atom stereocenters. The van der Waals surface area contributed by atoms with Crippen molar-refractivity contribution in [2.24, 2.45) is 0 Å². The van der Waals surface area contributed by atoms with Gasteiger partial charge in [-0.25, -0.2) is 4.98 Å². The maximum Gasteiger partial charge on any atom is 0.227 e. The Kier molecular flexibility index (Phi) is 5.40. The smallest absolute Gasteiger partial charge is 0.227 e. The number of aromatic nitrogens is 1. The molecule has 3 nitrogen and oxygen atoms in total. The van der Waals surface area contributed by atoms with Crippen LogP contribution >= 0.6 is 0 Å². The summed E-state index contributed by atoms with van der Waals surface area (Å²) in [4.78, 5) is 4.72. The fraction of sp³-hybridized carbons (Fsp3) is 0.0465. The average Bonchev–Trinajstić information content (AvgIpc) is 3.76. The largest absolute Gasteiger partial charge is 0.436 e. The van der Waals surface area contributed by atoms with Crippen molar-refractivity contribution in [1.82, 2.24) is 4.98 Å². The summed E-state index contributed by atoms with van der Waals surface area (Å²) in [5, 5.41) is 11.5. The van der Waals surface area contributed by atoms with Crippen molar-refractivity contribution in [1.29, 1.82) is 0 Å². The number of hydrogen-bond acceptors (Lipinski definition) is 3. The second-order valence-corrected chi connectivity index (χ2v) is 12.4. The average molecular weight is 589 g/mol. The molecule has 10 rings (SSSR count). The molecule has 1 aliphatic heterocycles. The number of anilines is 1. The van der Waals surface area contributed by atoms with E-state index in [1.165, 1.54) is 71.4 Å². The molecule has 1 aromatic heterocycles.